The lowest BCUT2D eigenvalue weighted by atomic mass is 10.1. The Morgan fingerprint density at radius 1 is 0.935 bits per heavy atom. The maximum atomic E-state index is 13.4. The van der Waals surface area contributed by atoms with Crippen molar-refractivity contribution in [3.05, 3.63) is 66.2 Å². The van der Waals surface area contributed by atoms with Crippen LogP contribution in [0.4, 0.5) is 24.5 Å². The minimum atomic E-state index is -4.56. The Hall–Kier alpha value is -2.78. The van der Waals surface area contributed by atoms with E-state index in [0.717, 1.165) is 53.7 Å². The molecule has 4 rings (SSSR count). The molecular weight excluding hydrogens is 427 g/mol. The van der Waals surface area contributed by atoms with Gasteiger partial charge in [0, 0.05) is 49.7 Å². The van der Waals surface area contributed by atoms with Gasteiger partial charge in [0.1, 0.15) is 0 Å². The molecule has 0 aromatic heterocycles. The lowest BCUT2D eigenvalue weighted by Crippen LogP contribution is -2.43. The van der Waals surface area contributed by atoms with Gasteiger partial charge in [-0.25, -0.2) is 8.42 Å². The van der Waals surface area contributed by atoms with Gasteiger partial charge in [-0.1, -0.05) is 30.3 Å². The molecule has 0 atom stereocenters. The van der Waals surface area contributed by atoms with E-state index in [0.29, 0.717) is 5.39 Å². The average molecular weight is 449 g/mol. The standard InChI is InChI=1S/C22H22F3N3O2S/c1-27(17-6-4-5-16(15-17)22(23,24)25)31(29,30)21-10-9-20(28-13-11-26-12-14-28)18-7-2-3-8-19(18)21/h2-10,15,26H,11-14H2,1H3. The molecule has 0 radical (unpaired) electrons. The van der Waals surface area contributed by atoms with Crippen LogP contribution in [0.3, 0.4) is 0 Å². The van der Waals surface area contributed by atoms with Crippen LogP contribution in [0.1, 0.15) is 5.56 Å². The lowest BCUT2D eigenvalue weighted by Gasteiger charge is -2.31. The van der Waals surface area contributed by atoms with Gasteiger partial charge in [0.25, 0.3) is 10.0 Å². The van der Waals surface area contributed by atoms with Crippen molar-refractivity contribution in [1.29, 1.82) is 0 Å². The third-order valence-corrected chi connectivity index (χ3v) is 7.34. The van der Waals surface area contributed by atoms with Gasteiger partial charge in [-0.15, -0.1) is 0 Å². The zero-order valence-electron chi connectivity index (χ0n) is 16.9. The molecule has 3 aromatic carbocycles. The SMILES string of the molecule is CN(c1cccc(C(F)(F)F)c1)S(=O)(=O)c1ccc(N2CCNCC2)c2ccccc12. The van der Waals surface area contributed by atoms with Crippen LogP contribution in [0.5, 0.6) is 0 Å². The summed E-state index contributed by atoms with van der Waals surface area (Å²) in [6, 6.07) is 14.8. The van der Waals surface area contributed by atoms with Gasteiger partial charge in [-0.05, 0) is 30.3 Å². The third kappa shape index (κ3) is 4.07. The Balaban J connectivity index is 1.79. The number of piperazine rings is 1. The molecule has 1 heterocycles. The molecule has 31 heavy (non-hydrogen) atoms. The number of nitrogens with zero attached hydrogens (tertiary/aromatic N) is 2. The summed E-state index contributed by atoms with van der Waals surface area (Å²) in [4.78, 5) is 2.26. The Bertz CT molecular complexity index is 1210. The average Bonchev–Trinajstić information content (AvgIpc) is 2.78. The Morgan fingerprint density at radius 2 is 1.61 bits per heavy atom. The van der Waals surface area contributed by atoms with Gasteiger partial charge in [0.05, 0.1) is 16.1 Å². The molecule has 5 nitrogen and oxygen atoms in total. The second-order valence-corrected chi connectivity index (χ2v) is 9.32. The van der Waals surface area contributed by atoms with Crippen LogP contribution in [0, 0.1) is 0 Å². The van der Waals surface area contributed by atoms with Crippen molar-refractivity contribution in [2.24, 2.45) is 0 Å². The van der Waals surface area contributed by atoms with Crippen molar-refractivity contribution >= 4 is 32.2 Å². The number of nitrogens with one attached hydrogen (secondary N) is 1. The highest BCUT2D eigenvalue weighted by Crippen LogP contribution is 2.36. The first kappa shape index (κ1) is 21.5. The number of hydrogen-bond donors (Lipinski definition) is 1. The molecule has 0 amide bonds. The maximum Gasteiger partial charge on any atom is 0.416 e. The Kier molecular flexibility index (Phi) is 5.57. The predicted octanol–water partition coefficient (Wildman–Crippen LogP) is 4.09. The Morgan fingerprint density at radius 3 is 2.29 bits per heavy atom. The van der Waals surface area contributed by atoms with E-state index in [9.17, 15) is 21.6 Å². The van der Waals surface area contributed by atoms with E-state index >= 15 is 0 Å². The number of rotatable bonds is 4. The van der Waals surface area contributed by atoms with Crippen molar-refractivity contribution in [3.8, 4) is 0 Å². The summed E-state index contributed by atoms with van der Waals surface area (Å²) in [7, 11) is -2.83. The van der Waals surface area contributed by atoms with Gasteiger partial charge in [0.15, 0.2) is 0 Å². The molecule has 0 spiro atoms. The second kappa shape index (κ2) is 8.05. The first-order chi connectivity index (χ1) is 14.7. The molecule has 164 valence electrons. The summed E-state index contributed by atoms with van der Waals surface area (Å²) in [6.45, 7) is 3.29. The van der Waals surface area contributed by atoms with Crippen LogP contribution in [0.25, 0.3) is 10.8 Å². The van der Waals surface area contributed by atoms with Gasteiger partial charge in [-0.2, -0.15) is 13.2 Å². The van der Waals surface area contributed by atoms with E-state index in [4.69, 9.17) is 0 Å². The number of benzene rings is 3. The summed E-state index contributed by atoms with van der Waals surface area (Å²) < 4.78 is 67.0. The monoisotopic (exact) mass is 449 g/mol. The topological polar surface area (TPSA) is 52.7 Å². The van der Waals surface area contributed by atoms with E-state index < -0.39 is 21.8 Å². The van der Waals surface area contributed by atoms with Crippen molar-refractivity contribution in [1.82, 2.24) is 5.32 Å². The van der Waals surface area contributed by atoms with Crippen molar-refractivity contribution in [3.63, 3.8) is 0 Å². The van der Waals surface area contributed by atoms with E-state index in [-0.39, 0.29) is 10.6 Å². The fraction of sp³-hybridized carbons (Fsp3) is 0.273. The van der Waals surface area contributed by atoms with E-state index in [2.05, 4.69) is 10.2 Å². The smallest absolute Gasteiger partial charge is 0.368 e. The fourth-order valence-corrected chi connectivity index (χ4v) is 5.21. The summed E-state index contributed by atoms with van der Waals surface area (Å²) >= 11 is 0. The van der Waals surface area contributed by atoms with E-state index in [1.807, 2.05) is 12.1 Å². The summed E-state index contributed by atoms with van der Waals surface area (Å²) in [5.41, 5.74) is -0.00572. The molecule has 3 aromatic rings. The van der Waals surface area contributed by atoms with Crippen LogP contribution in [-0.2, 0) is 16.2 Å². The fourth-order valence-electron chi connectivity index (χ4n) is 3.83. The first-order valence-corrected chi connectivity index (χ1v) is 11.3. The van der Waals surface area contributed by atoms with Crippen LogP contribution < -0.4 is 14.5 Å². The summed E-state index contributed by atoms with van der Waals surface area (Å²) in [6.07, 6.45) is -4.56. The predicted molar refractivity (Wildman–Crippen MR) is 116 cm³/mol. The number of anilines is 2. The summed E-state index contributed by atoms with van der Waals surface area (Å²) in [5.74, 6) is 0. The normalized spacial score (nSPS) is 15.3. The molecule has 1 aliphatic heterocycles. The van der Waals surface area contributed by atoms with Crippen molar-refractivity contribution in [2.45, 2.75) is 11.1 Å². The highest BCUT2D eigenvalue weighted by molar-refractivity contribution is 7.93. The lowest BCUT2D eigenvalue weighted by molar-refractivity contribution is -0.137. The largest absolute Gasteiger partial charge is 0.416 e. The zero-order valence-corrected chi connectivity index (χ0v) is 17.7. The Labute approximate surface area is 179 Å². The minimum absolute atomic E-state index is 0.0508. The number of halogens is 3. The van der Waals surface area contributed by atoms with Gasteiger partial charge < -0.3 is 10.2 Å². The van der Waals surface area contributed by atoms with Crippen molar-refractivity contribution < 1.29 is 21.6 Å². The highest BCUT2D eigenvalue weighted by Gasteiger charge is 2.32. The first-order valence-electron chi connectivity index (χ1n) is 9.83. The van der Waals surface area contributed by atoms with Crippen LogP contribution in [-0.4, -0.2) is 41.6 Å². The summed E-state index contributed by atoms with van der Waals surface area (Å²) in [5, 5.41) is 4.63. The van der Waals surface area contributed by atoms with Crippen LogP contribution >= 0.6 is 0 Å². The zero-order chi connectivity index (χ0) is 22.2. The number of sulfonamides is 1. The number of fused-ring (bicyclic) bond motifs is 1. The van der Waals surface area contributed by atoms with Crippen molar-refractivity contribution in [2.75, 3.05) is 42.4 Å². The van der Waals surface area contributed by atoms with E-state index in [1.165, 1.54) is 19.2 Å². The molecular formula is C22H22F3N3O2S. The van der Waals surface area contributed by atoms with E-state index in [1.54, 1.807) is 24.3 Å². The molecule has 0 bridgehead atoms. The minimum Gasteiger partial charge on any atom is -0.368 e. The number of hydrogen-bond acceptors (Lipinski definition) is 4. The third-order valence-electron chi connectivity index (χ3n) is 5.49. The second-order valence-electron chi connectivity index (χ2n) is 7.39. The molecule has 9 heteroatoms. The van der Waals surface area contributed by atoms with Gasteiger partial charge in [-0.3, -0.25) is 4.31 Å². The molecule has 0 aliphatic carbocycles. The molecule has 1 N–H and O–H groups in total. The van der Waals surface area contributed by atoms with Crippen LogP contribution in [0.2, 0.25) is 0 Å². The molecule has 0 unspecified atom stereocenters. The van der Waals surface area contributed by atoms with Gasteiger partial charge >= 0.3 is 6.18 Å². The maximum absolute atomic E-state index is 13.4. The van der Waals surface area contributed by atoms with Gasteiger partial charge in [0.2, 0.25) is 0 Å². The molecule has 0 saturated carbocycles. The highest BCUT2D eigenvalue weighted by atomic mass is 32.2. The molecule has 1 fully saturated rings. The molecule has 1 aliphatic rings. The number of alkyl halides is 3. The molecule has 1 saturated heterocycles. The quantitative estimate of drug-likeness (QED) is 0.652. The van der Waals surface area contributed by atoms with Crippen LogP contribution in [0.15, 0.2) is 65.6 Å².